The number of hydrogen-bond acceptors (Lipinski definition) is 2. The second-order valence-electron chi connectivity index (χ2n) is 3.42. The summed E-state index contributed by atoms with van der Waals surface area (Å²) in [4.78, 5) is 11.5. The molecule has 0 saturated heterocycles. The molecule has 0 fully saturated rings. The third-order valence-corrected chi connectivity index (χ3v) is 2.38. The van der Waals surface area contributed by atoms with Crippen molar-refractivity contribution in [2.45, 2.75) is 12.8 Å². The zero-order valence-corrected chi connectivity index (χ0v) is 8.11. The summed E-state index contributed by atoms with van der Waals surface area (Å²) in [6, 6.07) is 4.84. The highest BCUT2D eigenvalue weighted by atomic mass is 19.1. The molecule has 2 rings (SSSR count). The second kappa shape index (κ2) is 3.73. The van der Waals surface area contributed by atoms with E-state index in [1.54, 1.807) is 18.3 Å². The Morgan fingerprint density at radius 2 is 2.13 bits per heavy atom. The zero-order valence-electron chi connectivity index (χ0n) is 8.11. The maximum absolute atomic E-state index is 13.2. The van der Waals surface area contributed by atoms with Gasteiger partial charge in [-0.05, 0) is 25.0 Å². The van der Waals surface area contributed by atoms with Crippen molar-refractivity contribution in [3.63, 3.8) is 0 Å². The maximum Gasteiger partial charge on any atom is 0.254 e. The zero-order chi connectivity index (χ0) is 10.8. The van der Waals surface area contributed by atoms with Gasteiger partial charge in [0.2, 0.25) is 0 Å². The van der Waals surface area contributed by atoms with Gasteiger partial charge in [0.05, 0.1) is 0 Å². The molecule has 0 spiro atoms. The lowest BCUT2D eigenvalue weighted by Crippen LogP contribution is -2.19. The fourth-order valence-corrected chi connectivity index (χ4v) is 1.55. The van der Waals surface area contributed by atoms with Gasteiger partial charge in [0, 0.05) is 23.7 Å². The lowest BCUT2D eigenvalue weighted by Gasteiger charge is -2.14. The van der Waals surface area contributed by atoms with Crippen molar-refractivity contribution >= 4 is 5.70 Å². The minimum atomic E-state index is -0.438. The molecule has 0 unspecified atom stereocenters. The summed E-state index contributed by atoms with van der Waals surface area (Å²) in [7, 11) is 0. The molecule has 1 aromatic rings. The van der Waals surface area contributed by atoms with E-state index in [1.165, 1.54) is 16.7 Å². The fraction of sp³-hybridized carbons (Fsp3) is 0.182. The van der Waals surface area contributed by atoms with Crippen molar-refractivity contribution in [2.75, 3.05) is 0 Å². The summed E-state index contributed by atoms with van der Waals surface area (Å²) in [5, 5.41) is 0. The first kappa shape index (κ1) is 9.71. The third-order valence-electron chi connectivity index (χ3n) is 2.38. The molecule has 1 aliphatic rings. The Morgan fingerprint density at radius 3 is 2.80 bits per heavy atom. The van der Waals surface area contributed by atoms with Gasteiger partial charge < -0.3 is 5.73 Å². The average Bonchev–Trinajstić information content (AvgIpc) is 2.23. The number of allylic oxidation sites excluding steroid dienone is 4. The number of rotatable bonds is 1. The van der Waals surface area contributed by atoms with Crippen molar-refractivity contribution in [3.8, 4) is 0 Å². The standard InChI is InChI=1S/C11H11FN2O/c12-9-7-8(4-5-10(9)13)14-6-2-1-3-11(14)15/h1-3,6-7H,4-5,13H2. The number of hydrogen-bond donors (Lipinski definition) is 1. The predicted molar refractivity (Wildman–Crippen MR) is 56.5 cm³/mol. The minimum absolute atomic E-state index is 0.156. The van der Waals surface area contributed by atoms with Crippen LogP contribution < -0.4 is 11.3 Å². The maximum atomic E-state index is 13.2. The van der Waals surface area contributed by atoms with E-state index in [0.29, 0.717) is 18.5 Å². The minimum Gasteiger partial charge on any atom is -0.400 e. The quantitative estimate of drug-likeness (QED) is 0.759. The van der Waals surface area contributed by atoms with Gasteiger partial charge in [-0.1, -0.05) is 6.07 Å². The predicted octanol–water partition coefficient (Wildman–Crippen LogP) is 1.62. The Balaban J connectivity index is 2.47. The van der Waals surface area contributed by atoms with Crippen LogP contribution in [0.25, 0.3) is 5.70 Å². The summed E-state index contributed by atoms with van der Waals surface area (Å²) < 4.78 is 14.6. The normalized spacial score (nSPS) is 16.5. The first-order chi connectivity index (χ1) is 7.18. The Bertz CT molecular complexity index is 499. The molecule has 0 radical (unpaired) electrons. The summed E-state index contributed by atoms with van der Waals surface area (Å²) in [5.41, 5.74) is 6.17. The summed E-state index contributed by atoms with van der Waals surface area (Å²) >= 11 is 0. The van der Waals surface area contributed by atoms with E-state index < -0.39 is 5.83 Å². The van der Waals surface area contributed by atoms with Crippen LogP contribution in [-0.4, -0.2) is 4.57 Å². The molecule has 3 nitrogen and oxygen atoms in total. The molecule has 4 heteroatoms. The van der Waals surface area contributed by atoms with Crippen LogP contribution in [0.15, 0.2) is 46.8 Å². The first-order valence-corrected chi connectivity index (χ1v) is 4.71. The topological polar surface area (TPSA) is 48.0 Å². The van der Waals surface area contributed by atoms with Crippen molar-refractivity contribution in [2.24, 2.45) is 5.73 Å². The van der Waals surface area contributed by atoms with Crippen molar-refractivity contribution in [1.29, 1.82) is 0 Å². The largest absolute Gasteiger partial charge is 0.400 e. The van der Waals surface area contributed by atoms with E-state index in [-0.39, 0.29) is 11.3 Å². The lowest BCUT2D eigenvalue weighted by molar-refractivity contribution is 0.631. The number of pyridine rings is 1. The van der Waals surface area contributed by atoms with Crippen LogP contribution in [0.4, 0.5) is 4.39 Å². The van der Waals surface area contributed by atoms with Crippen molar-refractivity contribution in [1.82, 2.24) is 4.57 Å². The molecule has 78 valence electrons. The molecule has 0 aromatic carbocycles. The molecule has 0 bridgehead atoms. The molecular weight excluding hydrogens is 195 g/mol. The number of aromatic nitrogens is 1. The molecule has 2 N–H and O–H groups in total. The van der Waals surface area contributed by atoms with E-state index in [2.05, 4.69) is 0 Å². The van der Waals surface area contributed by atoms with Gasteiger partial charge in [-0.3, -0.25) is 9.36 Å². The van der Waals surface area contributed by atoms with Crippen LogP contribution in [0.5, 0.6) is 0 Å². The molecule has 0 saturated carbocycles. The molecular formula is C11H11FN2O. The second-order valence-corrected chi connectivity index (χ2v) is 3.42. The molecule has 0 atom stereocenters. The molecule has 15 heavy (non-hydrogen) atoms. The molecule has 0 amide bonds. The van der Waals surface area contributed by atoms with Gasteiger partial charge in [0.25, 0.3) is 5.56 Å². The molecule has 1 aromatic heterocycles. The van der Waals surface area contributed by atoms with Crippen LogP contribution in [0.2, 0.25) is 0 Å². The highest BCUT2D eigenvalue weighted by Gasteiger charge is 2.12. The van der Waals surface area contributed by atoms with Gasteiger partial charge in [-0.25, -0.2) is 4.39 Å². The third kappa shape index (κ3) is 1.83. The monoisotopic (exact) mass is 206 g/mol. The first-order valence-electron chi connectivity index (χ1n) is 4.71. The van der Waals surface area contributed by atoms with Gasteiger partial charge >= 0.3 is 0 Å². The number of nitrogens with zero attached hydrogens (tertiary/aromatic N) is 1. The summed E-state index contributed by atoms with van der Waals surface area (Å²) in [6.07, 6.45) is 3.99. The van der Waals surface area contributed by atoms with Crippen molar-refractivity contribution < 1.29 is 4.39 Å². The average molecular weight is 206 g/mol. The smallest absolute Gasteiger partial charge is 0.254 e. The van der Waals surface area contributed by atoms with E-state index in [4.69, 9.17) is 5.73 Å². The van der Waals surface area contributed by atoms with Gasteiger partial charge in [0.15, 0.2) is 0 Å². The van der Waals surface area contributed by atoms with Crippen molar-refractivity contribution in [3.05, 3.63) is 52.3 Å². The Morgan fingerprint density at radius 1 is 1.33 bits per heavy atom. The Hall–Kier alpha value is -1.84. The molecule has 0 aliphatic heterocycles. The SMILES string of the molecule is NC1=C(F)C=C(n2ccccc2=O)CC1. The van der Waals surface area contributed by atoms with Crippen LogP contribution in [0.3, 0.4) is 0 Å². The van der Waals surface area contributed by atoms with E-state index in [0.717, 1.165) is 0 Å². The van der Waals surface area contributed by atoms with Gasteiger partial charge in [0.1, 0.15) is 5.83 Å². The lowest BCUT2D eigenvalue weighted by atomic mass is 10.1. The number of nitrogens with two attached hydrogens (primary N) is 1. The fourth-order valence-electron chi connectivity index (χ4n) is 1.55. The van der Waals surface area contributed by atoms with Gasteiger partial charge in [-0.2, -0.15) is 0 Å². The van der Waals surface area contributed by atoms with Crippen LogP contribution in [0.1, 0.15) is 12.8 Å². The summed E-state index contributed by atoms with van der Waals surface area (Å²) in [5.74, 6) is -0.438. The van der Waals surface area contributed by atoms with Gasteiger partial charge in [-0.15, -0.1) is 0 Å². The number of halogens is 1. The highest BCUT2D eigenvalue weighted by Crippen LogP contribution is 2.23. The van der Waals surface area contributed by atoms with Crippen LogP contribution >= 0.6 is 0 Å². The Labute approximate surface area is 86.3 Å². The molecule has 1 aliphatic carbocycles. The van der Waals surface area contributed by atoms with Crippen LogP contribution in [-0.2, 0) is 0 Å². The van der Waals surface area contributed by atoms with E-state index >= 15 is 0 Å². The highest BCUT2D eigenvalue weighted by molar-refractivity contribution is 5.53. The van der Waals surface area contributed by atoms with E-state index in [9.17, 15) is 9.18 Å². The van der Waals surface area contributed by atoms with Crippen LogP contribution in [0, 0.1) is 0 Å². The summed E-state index contributed by atoms with van der Waals surface area (Å²) in [6.45, 7) is 0. The van der Waals surface area contributed by atoms with E-state index in [1.807, 2.05) is 0 Å². The molecule has 1 heterocycles. The Kier molecular flexibility index (Phi) is 2.41.